The summed E-state index contributed by atoms with van der Waals surface area (Å²) in [6.07, 6.45) is 0. The Balaban J connectivity index is -0.0000000275. The van der Waals surface area contributed by atoms with E-state index in [1.54, 1.807) is 0 Å². The van der Waals surface area contributed by atoms with Crippen molar-refractivity contribution in [3.8, 4) is 0 Å². The summed E-state index contributed by atoms with van der Waals surface area (Å²) in [4.78, 5) is 8.00. The third-order valence-corrected chi connectivity index (χ3v) is 0. The van der Waals surface area contributed by atoms with E-state index in [1.807, 2.05) is 0 Å². The monoisotopic (exact) mass is 175 g/mol. The molecule has 0 atom stereocenters. The van der Waals surface area contributed by atoms with Gasteiger partial charge in [-0.05, 0) is 0 Å². The van der Waals surface area contributed by atoms with Crippen LogP contribution >= 0.6 is 0 Å². The van der Waals surface area contributed by atoms with Gasteiger partial charge < -0.3 is 21.9 Å². The first kappa shape index (κ1) is 17.8. The van der Waals surface area contributed by atoms with Crippen molar-refractivity contribution in [1.82, 2.24) is 0 Å². The van der Waals surface area contributed by atoms with Crippen LogP contribution in [0.25, 0.3) is 0 Å². The van der Waals surface area contributed by atoms with Crippen molar-refractivity contribution in [3.63, 3.8) is 0 Å². The molecule has 0 aliphatic rings. The average Bonchev–Trinajstić information content (AvgIpc) is 1.46. The zero-order chi connectivity index (χ0) is 4.71. The Morgan fingerprint density at radius 3 is 1.67 bits per heavy atom. The van der Waals surface area contributed by atoms with Crippen LogP contribution in [0.3, 0.4) is 0 Å². The zero-order valence-corrected chi connectivity index (χ0v) is 4.18. The second-order valence-electron chi connectivity index (χ2n) is 0.0745. The van der Waals surface area contributed by atoms with Crippen molar-refractivity contribution in [2.24, 2.45) is 5.34 Å². The molecule has 0 N–H and O–H groups in total. The third kappa shape index (κ3) is 93.7. The van der Waals surface area contributed by atoms with Gasteiger partial charge in [-0.25, -0.2) is 0 Å². The summed E-state index contributed by atoms with van der Waals surface area (Å²) in [6, 6.07) is 0. The molecule has 0 aliphatic carbocycles. The van der Waals surface area contributed by atoms with Crippen LogP contribution < -0.4 is 0 Å². The van der Waals surface area contributed by atoms with Crippen LogP contribution in [-0.4, -0.2) is 0 Å². The van der Waals surface area contributed by atoms with Crippen molar-refractivity contribution in [2.45, 2.75) is 0 Å². The van der Waals surface area contributed by atoms with Crippen molar-refractivity contribution < 1.29 is 19.5 Å². The molecule has 0 aromatic carbocycles. The molecular weight excluding hydrogens is 175 g/mol. The molecule has 6 heavy (non-hydrogen) atoms. The molecule has 0 amide bonds. The summed E-state index contributed by atoms with van der Waals surface area (Å²) < 4.78 is 0. The van der Waals surface area contributed by atoms with Crippen molar-refractivity contribution in [3.05, 3.63) is 16.7 Å². The molecule has 0 heterocycles. The zero-order valence-electron chi connectivity index (χ0n) is 2.54. The first-order chi connectivity index (χ1) is 2.41. The van der Waals surface area contributed by atoms with E-state index in [0.717, 1.165) is 5.34 Å². The minimum absolute atomic E-state index is 0. The summed E-state index contributed by atoms with van der Waals surface area (Å²) in [6.45, 7) is 4.75. The molecular formula is CN2O2Rh-2. The summed E-state index contributed by atoms with van der Waals surface area (Å²) in [7, 11) is 0. The Labute approximate surface area is 47.5 Å². The van der Waals surface area contributed by atoms with Gasteiger partial charge in [0.25, 0.3) is 0 Å². The Bertz CT molecular complexity index is 35.8. The van der Waals surface area contributed by atoms with Gasteiger partial charge >= 0.3 is 0 Å². The van der Waals surface area contributed by atoms with Gasteiger partial charge in [-0.2, -0.15) is 0 Å². The SMILES string of the molecule is O=N[O-].[C-]#N.[Rh]. The smallest absolute Gasteiger partial charge is 0 e. The van der Waals surface area contributed by atoms with E-state index in [2.05, 4.69) is 0 Å². The molecule has 4 nitrogen and oxygen atoms in total. The fourth-order valence-electron chi connectivity index (χ4n) is 0. The van der Waals surface area contributed by atoms with E-state index < -0.39 is 0 Å². The predicted octanol–water partition coefficient (Wildman–Crippen LogP) is 0.344. The van der Waals surface area contributed by atoms with Gasteiger partial charge in [0, 0.05) is 19.5 Å². The van der Waals surface area contributed by atoms with Crippen molar-refractivity contribution in [2.75, 3.05) is 0 Å². The van der Waals surface area contributed by atoms with E-state index in [-0.39, 0.29) is 19.5 Å². The summed E-state index contributed by atoms with van der Waals surface area (Å²) in [5.74, 6) is 0. The molecule has 37 valence electrons. The fourth-order valence-corrected chi connectivity index (χ4v) is 0. The van der Waals surface area contributed by atoms with Crippen LogP contribution in [0.15, 0.2) is 5.34 Å². The van der Waals surface area contributed by atoms with Crippen LogP contribution in [0.2, 0.25) is 0 Å². The molecule has 0 fully saturated rings. The van der Waals surface area contributed by atoms with Gasteiger partial charge in [0.05, 0.1) is 0 Å². The number of rotatable bonds is 0. The van der Waals surface area contributed by atoms with Gasteiger partial charge in [-0.1, -0.05) is 0 Å². The molecule has 0 rings (SSSR count). The molecule has 5 heteroatoms. The van der Waals surface area contributed by atoms with E-state index in [0.29, 0.717) is 0 Å². The normalized spacial score (nSPS) is 2.33. The molecule has 0 saturated heterocycles. The maximum absolute atomic E-state index is 8.00. The van der Waals surface area contributed by atoms with E-state index in [1.165, 1.54) is 0 Å². The molecule has 0 saturated carbocycles. The molecule has 0 aromatic heterocycles. The number of hydrogen-bond acceptors (Lipinski definition) is 4. The third-order valence-electron chi connectivity index (χ3n) is 0. The van der Waals surface area contributed by atoms with Gasteiger partial charge in [-0.15, -0.1) is 5.34 Å². The van der Waals surface area contributed by atoms with Gasteiger partial charge in [0.15, 0.2) is 0 Å². The maximum atomic E-state index is 8.00. The Morgan fingerprint density at radius 2 is 1.67 bits per heavy atom. The second kappa shape index (κ2) is 211. The average molecular weight is 175 g/mol. The summed E-state index contributed by atoms with van der Waals surface area (Å²) >= 11 is 0. The van der Waals surface area contributed by atoms with Crippen LogP contribution in [0.4, 0.5) is 0 Å². The van der Waals surface area contributed by atoms with Crippen LogP contribution in [0, 0.1) is 21.9 Å². The van der Waals surface area contributed by atoms with Gasteiger partial charge in [0.1, 0.15) is 0 Å². The predicted molar refractivity (Wildman–Crippen MR) is 14.1 cm³/mol. The van der Waals surface area contributed by atoms with Crippen LogP contribution in [0.5, 0.6) is 0 Å². The molecule has 0 aromatic rings. The second-order valence-corrected chi connectivity index (χ2v) is 0.0745. The summed E-state index contributed by atoms with van der Waals surface area (Å²) in [5.41, 5.74) is 0. The standard InChI is InChI=1S/CN.HNO2.Rh/c1-2;2-1-3;/h;(H,2,3);/q-1;;/p-1. The van der Waals surface area contributed by atoms with Crippen LogP contribution in [-0.2, 0) is 19.5 Å². The largest absolute Gasteiger partial charge is 0.512 e. The molecule has 0 bridgehead atoms. The molecule has 0 unspecified atom stereocenters. The Hall–Kier alpha value is -0.487. The Morgan fingerprint density at radius 1 is 1.67 bits per heavy atom. The molecule has 0 spiro atoms. The molecule has 1 radical (unpaired) electrons. The van der Waals surface area contributed by atoms with E-state index >= 15 is 0 Å². The number of nitrogens with zero attached hydrogens (tertiary/aromatic N) is 2. The van der Waals surface area contributed by atoms with Crippen molar-refractivity contribution in [1.29, 1.82) is 5.26 Å². The molecule has 0 aliphatic heterocycles. The fraction of sp³-hybridized carbons (Fsp3) is 0. The minimum atomic E-state index is 0. The topological polar surface area (TPSA) is 76.3 Å². The summed E-state index contributed by atoms with van der Waals surface area (Å²) in [5, 5.41) is 15.2. The Kier molecular flexibility index (Phi) is 626. The first-order valence-electron chi connectivity index (χ1n) is 0.589. The van der Waals surface area contributed by atoms with Gasteiger partial charge in [-0.3, -0.25) is 0 Å². The van der Waals surface area contributed by atoms with Crippen molar-refractivity contribution >= 4 is 0 Å². The first-order valence-corrected chi connectivity index (χ1v) is 0.589. The maximum Gasteiger partial charge on any atom is 0 e. The quantitative estimate of drug-likeness (QED) is 0.230. The van der Waals surface area contributed by atoms with E-state index in [4.69, 9.17) is 21.9 Å². The van der Waals surface area contributed by atoms with Crippen LogP contribution in [0.1, 0.15) is 0 Å². The minimum Gasteiger partial charge on any atom is -0.512 e. The van der Waals surface area contributed by atoms with Gasteiger partial charge in [0.2, 0.25) is 0 Å². The van der Waals surface area contributed by atoms with E-state index in [9.17, 15) is 0 Å². The number of hydrogen-bond donors (Lipinski definition) is 0.